The second-order valence-electron chi connectivity index (χ2n) is 4.30. The fraction of sp³-hybridized carbons (Fsp3) is 0.286. The van der Waals surface area contributed by atoms with Crippen LogP contribution < -0.4 is 10.6 Å². The van der Waals surface area contributed by atoms with Gasteiger partial charge in [-0.25, -0.2) is 4.98 Å². The summed E-state index contributed by atoms with van der Waals surface area (Å²) in [4.78, 5) is 16.2. The van der Waals surface area contributed by atoms with Gasteiger partial charge in [0.2, 0.25) is 0 Å². The fourth-order valence-corrected chi connectivity index (χ4v) is 1.98. The summed E-state index contributed by atoms with van der Waals surface area (Å²) in [6, 6.07) is 4.97. The van der Waals surface area contributed by atoms with Gasteiger partial charge >= 0.3 is 0 Å². The van der Waals surface area contributed by atoms with Gasteiger partial charge in [0.05, 0.1) is 22.9 Å². The number of hydrogen-bond acceptors (Lipinski definition) is 4. The van der Waals surface area contributed by atoms with Crippen molar-refractivity contribution < 1.29 is 9.21 Å². The second-order valence-corrected chi connectivity index (χ2v) is 4.70. The summed E-state index contributed by atoms with van der Waals surface area (Å²) in [5.74, 6) is 1.03. The van der Waals surface area contributed by atoms with Crippen molar-refractivity contribution in [3.8, 4) is 0 Å². The van der Waals surface area contributed by atoms with Gasteiger partial charge in [0, 0.05) is 12.7 Å². The van der Waals surface area contributed by atoms with Crippen LogP contribution in [0.5, 0.6) is 0 Å². The first-order chi connectivity index (χ1) is 9.61. The molecule has 0 aliphatic heterocycles. The van der Waals surface area contributed by atoms with Gasteiger partial charge in [0.15, 0.2) is 0 Å². The number of amides is 1. The maximum absolute atomic E-state index is 12.1. The SMILES string of the molecule is CCNc1ncc(C(=O)NC(C)c2ccco2)cc1Cl. The van der Waals surface area contributed by atoms with Crippen LogP contribution in [0.4, 0.5) is 5.82 Å². The molecule has 0 aliphatic rings. The first-order valence-corrected chi connectivity index (χ1v) is 6.73. The first kappa shape index (κ1) is 14.4. The standard InChI is InChI=1S/C14H16ClN3O2/c1-3-16-13-11(15)7-10(8-17-13)14(19)18-9(2)12-5-4-6-20-12/h4-9H,3H2,1-2H3,(H,16,17)(H,18,19). The summed E-state index contributed by atoms with van der Waals surface area (Å²) in [6.07, 6.45) is 3.07. The Hall–Kier alpha value is -2.01. The molecule has 2 heterocycles. The predicted octanol–water partition coefficient (Wildman–Crippen LogP) is 3.25. The van der Waals surface area contributed by atoms with E-state index in [0.29, 0.717) is 28.7 Å². The number of pyridine rings is 1. The van der Waals surface area contributed by atoms with Crippen molar-refractivity contribution in [2.45, 2.75) is 19.9 Å². The highest BCUT2D eigenvalue weighted by atomic mass is 35.5. The van der Waals surface area contributed by atoms with Crippen LogP contribution in [0, 0.1) is 0 Å². The van der Waals surface area contributed by atoms with Crippen molar-refractivity contribution in [2.75, 3.05) is 11.9 Å². The Kier molecular flexibility index (Phi) is 4.63. The van der Waals surface area contributed by atoms with Gasteiger partial charge in [-0.05, 0) is 32.0 Å². The number of nitrogens with one attached hydrogen (secondary N) is 2. The van der Waals surface area contributed by atoms with Gasteiger partial charge < -0.3 is 15.1 Å². The number of carbonyl (C=O) groups excluding carboxylic acids is 1. The Morgan fingerprint density at radius 2 is 2.35 bits per heavy atom. The number of aromatic nitrogens is 1. The molecule has 0 bridgehead atoms. The Labute approximate surface area is 122 Å². The van der Waals surface area contributed by atoms with E-state index in [1.807, 2.05) is 19.9 Å². The largest absolute Gasteiger partial charge is 0.467 e. The molecule has 0 saturated heterocycles. The summed E-state index contributed by atoms with van der Waals surface area (Å²) in [5, 5.41) is 6.26. The molecule has 0 fully saturated rings. The molecule has 20 heavy (non-hydrogen) atoms. The zero-order valence-electron chi connectivity index (χ0n) is 11.3. The summed E-state index contributed by atoms with van der Waals surface area (Å²) in [7, 11) is 0. The van der Waals surface area contributed by atoms with E-state index in [1.165, 1.54) is 6.20 Å². The topological polar surface area (TPSA) is 67.2 Å². The summed E-state index contributed by atoms with van der Waals surface area (Å²) in [5.41, 5.74) is 0.412. The zero-order valence-corrected chi connectivity index (χ0v) is 12.1. The van der Waals surface area contributed by atoms with E-state index in [9.17, 15) is 4.79 Å². The lowest BCUT2D eigenvalue weighted by Gasteiger charge is -2.12. The molecule has 0 saturated carbocycles. The average molecular weight is 294 g/mol. The van der Waals surface area contributed by atoms with Crippen LogP contribution in [0.1, 0.15) is 36.0 Å². The Morgan fingerprint density at radius 3 is 2.95 bits per heavy atom. The molecule has 2 aromatic heterocycles. The molecule has 0 aromatic carbocycles. The van der Waals surface area contributed by atoms with Crippen LogP contribution in [-0.4, -0.2) is 17.4 Å². The molecular formula is C14H16ClN3O2. The van der Waals surface area contributed by atoms with E-state index < -0.39 is 0 Å². The van der Waals surface area contributed by atoms with E-state index in [2.05, 4.69) is 15.6 Å². The van der Waals surface area contributed by atoms with E-state index in [-0.39, 0.29) is 11.9 Å². The van der Waals surface area contributed by atoms with Crippen molar-refractivity contribution in [3.05, 3.63) is 47.0 Å². The van der Waals surface area contributed by atoms with Gasteiger partial charge in [-0.1, -0.05) is 11.6 Å². The number of rotatable bonds is 5. The highest BCUT2D eigenvalue weighted by Gasteiger charge is 2.15. The highest BCUT2D eigenvalue weighted by molar-refractivity contribution is 6.33. The number of furan rings is 1. The lowest BCUT2D eigenvalue weighted by atomic mass is 10.2. The van der Waals surface area contributed by atoms with Gasteiger partial charge in [-0.3, -0.25) is 4.79 Å². The molecule has 6 heteroatoms. The van der Waals surface area contributed by atoms with Crippen LogP contribution in [-0.2, 0) is 0 Å². The average Bonchev–Trinajstić information content (AvgIpc) is 2.95. The predicted molar refractivity (Wildman–Crippen MR) is 78.0 cm³/mol. The third kappa shape index (κ3) is 3.30. The summed E-state index contributed by atoms with van der Waals surface area (Å²) < 4.78 is 5.24. The van der Waals surface area contributed by atoms with Crippen LogP contribution in [0.25, 0.3) is 0 Å². The number of carbonyl (C=O) groups is 1. The lowest BCUT2D eigenvalue weighted by Crippen LogP contribution is -2.26. The minimum Gasteiger partial charge on any atom is -0.467 e. The van der Waals surface area contributed by atoms with E-state index >= 15 is 0 Å². The molecule has 1 amide bonds. The molecular weight excluding hydrogens is 278 g/mol. The monoisotopic (exact) mass is 293 g/mol. The van der Waals surface area contributed by atoms with E-state index in [0.717, 1.165) is 0 Å². The minimum absolute atomic E-state index is 0.218. The van der Waals surface area contributed by atoms with Gasteiger partial charge in [0.1, 0.15) is 11.6 Å². The number of halogens is 1. The Bertz CT molecular complexity index is 584. The fourth-order valence-electron chi connectivity index (χ4n) is 1.75. The molecule has 0 aliphatic carbocycles. The third-order valence-electron chi connectivity index (χ3n) is 2.77. The van der Waals surface area contributed by atoms with Gasteiger partial charge in [-0.2, -0.15) is 0 Å². The van der Waals surface area contributed by atoms with Crippen LogP contribution >= 0.6 is 11.6 Å². The summed E-state index contributed by atoms with van der Waals surface area (Å²) >= 11 is 6.06. The molecule has 1 atom stereocenters. The van der Waals surface area contributed by atoms with Crippen LogP contribution in [0.15, 0.2) is 35.1 Å². The lowest BCUT2D eigenvalue weighted by molar-refractivity contribution is 0.0935. The molecule has 1 unspecified atom stereocenters. The molecule has 2 N–H and O–H groups in total. The number of nitrogens with zero attached hydrogens (tertiary/aromatic N) is 1. The van der Waals surface area contributed by atoms with Gasteiger partial charge in [0.25, 0.3) is 5.91 Å². The molecule has 0 radical (unpaired) electrons. The second kappa shape index (κ2) is 6.43. The van der Waals surface area contributed by atoms with Crippen molar-refractivity contribution in [2.24, 2.45) is 0 Å². The third-order valence-corrected chi connectivity index (χ3v) is 3.05. The molecule has 2 rings (SSSR count). The van der Waals surface area contributed by atoms with Crippen molar-refractivity contribution in [3.63, 3.8) is 0 Å². The van der Waals surface area contributed by atoms with E-state index in [4.69, 9.17) is 16.0 Å². The first-order valence-electron chi connectivity index (χ1n) is 6.35. The van der Waals surface area contributed by atoms with Gasteiger partial charge in [-0.15, -0.1) is 0 Å². The maximum Gasteiger partial charge on any atom is 0.253 e. The maximum atomic E-state index is 12.1. The van der Waals surface area contributed by atoms with Crippen molar-refractivity contribution in [1.29, 1.82) is 0 Å². The highest BCUT2D eigenvalue weighted by Crippen LogP contribution is 2.20. The molecule has 5 nitrogen and oxygen atoms in total. The molecule has 106 valence electrons. The van der Waals surface area contributed by atoms with Crippen molar-refractivity contribution >= 4 is 23.3 Å². The summed E-state index contributed by atoms with van der Waals surface area (Å²) in [6.45, 7) is 4.51. The zero-order chi connectivity index (χ0) is 14.5. The van der Waals surface area contributed by atoms with Crippen LogP contribution in [0.3, 0.4) is 0 Å². The van der Waals surface area contributed by atoms with E-state index in [1.54, 1.807) is 18.4 Å². The quantitative estimate of drug-likeness (QED) is 0.888. The number of hydrogen-bond donors (Lipinski definition) is 2. The van der Waals surface area contributed by atoms with Crippen molar-refractivity contribution in [1.82, 2.24) is 10.3 Å². The smallest absolute Gasteiger partial charge is 0.253 e. The molecule has 0 spiro atoms. The van der Waals surface area contributed by atoms with Crippen LogP contribution in [0.2, 0.25) is 5.02 Å². The number of anilines is 1. The minimum atomic E-state index is -0.244. The normalized spacial score (nSPS) is 11.9. The Balaban J connectivity index is 2.07. The Morgan fingerprint density at radius 1 is 1.55 bits per heavy atom. The molecule has 2 aromatic rings.